The molecule has 0 amide bonds. The summed E-state index contributed by atoms with van der Waals surface area (Å²) in [6.07, 6.45) is 4.91. The smallest absolute Gasteiger partial charge is 0.241 e. The maximum absolute atomic E-state index is 3.10. The van der Waals surface area contributed by atoms with Gasteiger partial charge in [-0.1, -0.05) is 27.7 Å². The molecule has 184 valence electrons. The summed E-state index contributed by atoms with van der Waals surface area (Å²) in [5, 5.41) is 0. The van der Waals surface area contributed by atoms with Crippen LogP contribution in [0.2, 0.25) is 0 Å². The highest BCUT2D eigenvalue weighted by atomic mass is 15.9. The van der Waals surface area contributed by atoms with Gasteiger partial charge in [-0.3, -0.25) is 0 Å². The number of hydrogen-bond donors (Lipinski definition) is 0. The number of hydrogen-bond acceptors (Lipinski definition) is 2. The lowest BCUT2D eigenvalue weighted by atomic mass is 9.93. The van der Waals surface area contributed by atoms with Gasteiger partial charge in [0.15, 0.2) is 0 Å². The quantitative estimate of drug-likeness (QED) is 0.393. The van der Waals surface area contributed by atoms with Crippen molar-refractivity contribution in [3.8, 4) is 0 Å². The zero-order valence-corrected chi connectivity index (χ0v) is 23.5. The summed E-state index contributed by atoms with van der Waals surface area (Å²) in [7, 11) is 0. The summed E-state index contributed by atoms with van der Waals surface area (Å²) < 4.78 is 2.45. The van der Waals surface area contributed by atoms with Crippen molar-refractivity contribution < 1.29 is 8.97 Å². The van der Waals surface area contributed by atoms with Crippen molar-refractivity contribution in [2.24, 2.45) is 0 Å². The molecule has 1 spiro atoms. The van der Waals surface area contributed by atoms with Crippen LogP contribution in [0.3, 0.4) is 0 Å². The number of nitrogens with zero attached hydrogens (tertiary/aromatic N) is 4. The minimum absolute atomic E-state index is 0.00731. The van der Waals surface area contributed by atoms with Gasteiger partial charge in [0.1, 0.15) is 12.6 Å². The third-order valence-electron chi connectivity index (χ3n) is 10.3. The number of rotatable bonds is 10. The third kappa shape index (κ3) is 3.37. The van der Waals surface area contributed by atoms with Crippen molar-refractivity contribution in [2.45, 2.75) is 138 Å². The molecule has 0 aromatic heterocycles. The van der Waals surface area contributed by atoms with Gasteiger partial charge in [0.25, 0.3) is 0 Å². The Hall–Kier alpha value is -0.160. The summed E-state index contributed by atoms with van der Waals surface area (Å²) in [6.45, 7) is 37.2. The van der Waals surface area contributed by atoms with Gasteiger partial charge in [-0.25, -0.2) is 8.97 Å². The van der Waals surface area contributed by atoms with Crippen LogP contribution >= 0.6 is 0 Å². The summed E-state index contributed by atoms with van der Waals surface area (Å²) >= 11 is 0. The second kappa shape index (κ2) is 9.24. The molecule has 2 heterocycles. The van der Waals surface area contributed by atoms with E-state index in [1.807, 2.05) is 0 Å². The Morgan fingerprint density at radius 2 is 1.26 bits per heavy atom. The molecule has 4 nitrogen and oxygen atoms in total. The number of likely N-dealkylation sites (N-methyl/N-ethyl adjacent to an activating group) is 2. The van der Waals surface area contributed by atoms with E-state index in [1.54, 1.807) is 0 Å². The zero-order chi connectivity index (χ0) is 23.9. The first-order chi connectivity index (χ1) is 14.4. The summed E-state index contributed by atoms with van der Waals surface area (Å²) in [5.41, 5.74) is 0.347. The maximum Gasteiger partial charge on any atom is 0.358 e. The van der Waals surface area contributed by atoms with Crippen LogP contribution in [0.1, 0.15) is 109 Å². The lowest BCUT2D eigenvalue weighted by Crippen LogP contribution is -2.87. The van der Waals surface area contributed by atoms with Crippen molar-refractivity contribution in [1.82, 2.24) is 9.80 Å². The van der Waals surface area contributed by atoms with Crippen LogP contribution in [-0.4, -0.2) is 87.1 Å². The standard InChI is InChI=1S/C27H58N4/c1-13-23-22-30(17-5,18-6)27(29(23)26(11,12)16-4)28(25(9,10)15-3)21-24(14-2)31(27,19-7)20-8/h23-24H,13-22H2,1-12H3/q+2. The molecule has 0 aliphatic carbocycles. The molecule has 0 radical (unpaired) electrons. The van der Waals surface area contributed by atoms with Crippen LogP contribution in [0.5, 0.6) is 0 Å². The Morgan fingerprint density at radius 1 is 0.742 bits per heavy atom. The van der Waals surface area contributed by atoms with Crippen molar-refractivity contribution >= 4 is 0 Å². The minimum atomic E-state index is 0.00731. The van der Waals surface area contributed by atoms with Crippen LogP contribution < -0.4 is 0 Å². The van der Waals surface area contributed by atoms with E-state index in [0.717, 1.165) is 0 Å². The van der Waals surface area contributed by atoms with E-state index in [1.165, 1.54) is 73.9 Å². The van der Waals surface area contributed by atoms with E-state index in [9.17, 15) is 0 Å². The topological polar surface area (TPSA) is 6.48 Å². The molecule has 2 aliphatic heterocycles. The van der Waals surface area contributed by atoms with E-state index < -0.39 is 0 Å². The third-order valence-corrected chi connectivity index (χ3v) is 10.3. The Labute approximate surface area is 196 Å². The average molecular weight is 439 g/mol. The molecule has 2 saturated heterocycles. The fraction of sp³-hybridized carbons (Fsp3) is 1.00. The van der Waals surface area contributed by atoms with Crippen molar-refractivity contribution in [2.75, 3.05) is 39.3 Å². The van der Waals surface area contributed by atoms with Crippen molar-refractivity contribution in [3.63, 3.8) is 0 Å². The molecule has 4 heteroatoms. The molecule has 2 aliphatic rings. The van der Waals surface area contributed by atoms with E-state index in [-0.39, 0.29) is 17.0 Å². The molecule has 2 fully saturated rings. The van der Waals surface area contributed by atoms with Gasteiger partial charge < -0.3 is 0 Å². The first-order valence-corrected chi connectivity index (χ1v) is 13.8. The maximum atomic E-state index is 3.10. The molecule has 0 N–H and O–H groups in total. The average Bonchev–Trinajstić information content (AvgIpc) is 3.25. The largest absolute Gasteiger partial charge is 0.358 e. The van der Waals surface area contributed by atoms with E-state index in [4.69, 9.17) is 0 Å². The zero-order valence-electron chi connectivity index (χ0n) is 23.5. The summed E-state index contributed by atoms with van der Waals surface area (Å²) in [5.74, 6) is 0.00731. The SMILES string of the molecule is CCC1C[N+](CC)(CC)C2(N(C(C)(C)CC)CC(CC)[N+]2(CC)CC)N1C(C)(C)CC. The van der Waals surface area contributed by atoms with Gasteiger partial charge in [0.2, 0.25) is 0 Å². The first kappa shape index (κ1) is 27.1. The monoisotopic (exact) mass is 438 g/mol. The normalized spacial score (nSPS) is 31.7. The summed E-state index contributed by atoms with van der Waals surface area (Å²) in [6, 6.07) is 1.33. The van der Waals surface area contributed by atoms with Gasteiger partial charge in [-0.05, 0) is 81.1 Å². The van der Waals surface area contributed by atoms with Gasteiger partial charge in [-0.15, -0.1) is 0 Å². The highest BCUT2D eigenvalue weighted by Crippen LogP contribution is 2.58. The van der Waals surface area contributed by atoms with E-state index in [2.05, 4.69) is 92.9 Å². The fourth-order valence-corrected chi connectivity index (χ4v) is 7.85. The van der Waals surface area contributed by atoms with Gasteiger partial charge in [0.05, 0.1) is 38.8 Å². The van der Waals surface area contributed by atoms with E-state index >= 15 is 0 Å². The van der Waals surface area contributed by atoms with Gasteiger partial charge in [-0.2, -0.15) is 9.80 Å². The predicted molar refractivity (Wildman–Crippen MR) is 136 cm³/mol. The fourth-order valence-electron chi connectivity index (χ4n) is 7.85. The molecular formula is C27H58N4+2. The Morgan fingerprint density at radius 3 is 1.61 bits per heavy atom. The summed E-state index contributed by atoms with van der Waals surface area (Å²) in [4.78, 5) is 6.16. The second-order valence-corrected chi connectivity index (χ2v) is 11.7. The molecule has 3 atom stereocenters. The van der Waals surface area contributed by atoms with Gasteiger partial charge in [0, 0.05) is 11.1 Å². The first-order valence-electron chi connectivity index (χ1n) is 13.8. The number of quaternary nitrogens is 2. The molecule has 0 aromatic carbocycles. The minimum Gasteiger partial charge on any atom is -0.241 e. The lowest BCUT2D eigenvalue weighted by molar-refractivity contribution is -1.18. The molecule has 3 unspecified atom stereocenters. The van der Waals surface area contributed by atoms with Crippen LogP contribution in [0.4, 0.5) is 0 Å². The molecule has 0 saturated carbocycles. The Bertz CT molecular complexity index is 590. The molecule has 0 aromatic rings. The molecule has 2 rings (SSSR count). The predicted octanol–water partition coefficient (Wildman–Crippen LogP) is 5.88. The van der Waals surface area contributed by atoms with Crippen molar-refractivity contribution in [3.05, 3.63) is 0 Å². The highest BCUT2D eigenvalue weighted by molar-refractivity contribution is 5.04. The highest BCUT2D eigenvalue weighted by Gasteiger charge is 2.83. The lowest BCUT2D eigenvalue weighted by Gasteiger charge is -2.63. The molecular weight excluding hydrogens is 380 g/mol. The van der Waals surface area contributed by atoms with E-state index in [0.29, 0.717) is 12.1 Å². The van der Waals surface area contributed by atoms with Crippen LogP contribution in [0, 0.1) is 0 Å². The second-order valence-electron chi connectivity index (χ2n) is 11.7. The van der Waals surface area contributed by atoms with Crippen LogP contribution in [-0.2, 0) is 0 Å². The molecule has 0 bridgehead atoms. The van der Waals surface area contributed by atoms with Crippen LogP contribution in [0.25, 0.3) is 0 Å². The van der Waals surface area contributed by atoms with Crippen LogP contribution in [0.15, 0.2) is 0 Å². The molecule has 31 heavy (non-hydrogen) atoms. The van der Waals surface area contributed by atoms with Crippen molar-refractivity contribution in [1.29, 1.82) is 0 Å². The van der Waals surface area contributed by atoms with Gasteiger partial charge >= 0.3 is 5.91 Å². The Kier molecular flexibility index (Phi) is 8.07. The Balaban J connectivity index is 3.08.